The molecule has 118 valence electrons. The molecule has 0 aromatic heterocycles. The van der Waals surface area contributed by atoms with Gasteiger partial charge in [0.1, 0.15) is 0 Å². The van der Waals surface area contributed by atoms with Gasteiger partial charge in [0.15, 0.2) is 5.96 Å². The minimum atomic E-state index is 0. The molecule has 0 spiro atoms. The van der Waals surface area contributed by atoms with E-state index in [0.29, 0.717) is 0 Å². The summed E-state index contributed by atoms with van der Waals surface area (Å²) in [6.07, 6.45) is 1.34. The number of hydrogen-bond acceptors (Lipinski definition) is 2. The quantitative estimate of drug-likeness (QED) is 0.450. The van der Waals surface area contributed by atoms with Crippen LogP contribution >= 0.6 is 35.6 Å². The zero-order valence-corrected chi connectivity index (χ0v) is 15.8. The van der Waals surface area contributed by atoms with E-state index < -0.39 is 0 Å². The lowest BCUT2D eigenvalue weighted by Gasteiger charge is -2.31. The lowest BCUT2D eigenvalue weighted by molar-refractivity contribution is 0.184. The van der Waals surface area contributed by atoms with Gasteiger partial charge in [-0.25, -0.2) is 0 Å². The second-order valence-corrected chi connectivity index (χ2v) is 5.59. The van der Waals surface area contributed by atoms with Crippen molar-refractivity contribution in [3.05, 3.63) is 34.9 Å². The van der Waals surface area contributed by atoms with E-state index in [1.165, 1.54) is 25.1 Å². The van der Waals surface area contributed by atoms with Gasteiger partial charge in [0, 0.05) is 38.8 Å². The predicted octanol–water partition coefficient (Wildman–Crippen LogP) is 2.67. The third-order valence-electron chi connectivity index (χ3n) is 3.57. The van der Waals surface area contributed by atoms with Crippen LogP contribution in [-0.2, 0) is 6.54 Å². The molecule has 1 saturated heterocycles. The number of guanidine groups is 1. The van der Waals surface area contributed by atoms with Gasteiger partial charge in [0.2, 0.25) is 0 Å². The van der Waals surface area contributed by atoms with Crippen molar-refractivity contribution in [2.24, 2.45) is 4.99 Å². The van der Waals surface area contributed by atoms with Gasteiger partial charge < -0.3 is 15.1 Å². The fourth-order valence-corrected chi connectivity index (χ4v) is 2.38. The van der Waals surface area contributed by atoms with Crippen LogP contribution in [0.15, 0.2) is 29.3 Å². The zero-order valence-electron chi connectivity index (χ0n) is 12.7. The average molecular weight is 423 g/mol. The maximum atomic E-state index is 5.90. The molecule has 1 aliphatic rings. The second kappa shape index (κ2) is 9.48. The van der Waals surface area contributed by atoms with Crippen LogP contribution in [0.4, 0.5) is 0 Å². The number of nitrogens with zero attached hydrogens (tertiary/aromatic N) is 3. The molecule has 0 amide bonds. The Balaban J connectivity index is 0.00000220. The highest BCUT2D eigenvalue weighted by Crippen LogP contribution is 2.11. The fourth-order valence-electron chi connectivity index (χ4n) is 2.25. The number of hydrogen-bond donors (Lipinski definition) is 1. The Morgan fingerprint density at radius 1 is 1.33 bits per heavy atom. The standard InChI is InChI=1S/C15H23ClN4.HI/c1-17-15(18-8-11-20-9-3-10-20)19(2)12-13-4-6-14(16)7-5-13;/h4-7H,3,8-12H2,1-2H3,(H,17,18);1H. The van der Waals surface area contributed by atoms with Gasteiger partial charge in [-0.15, -0.1) is 24.0 Å². The zero-order chi connectivity index (χ0) is 14.4. The molecule has 0 radical (unpaired) electrons. The number of nitrogens with one attached hydrogen (secondary N) is 1. The van der Waals surface area contributed by atoms with Crippen LogP contribution in [0.5, 0.6) is 0 Å². The van der Waals surface area contributed by atoms with Gasteiger partial charge in [0.25, 0.3) is 0 Å². The number of benzene rings is 1. The average Bonchev–Trinajstić information content (AvgIpc) is 2.39. The topological polar surface area (TPSA) is 30.9 Å². The lowest BCUT2D eigenvalue weighted by atomic mass is 10.2. The Hall–Kier alpha value is -0.530. The van der Waals surface area contributed by atoms with Gasteiger partial charge in [-0.3, -0.25) is 4.99 Å². The summed E-state index contributed by atoms with van der Waals surface area (Å²) >= 11 is 5.90. The summed E-state index contributed by atoms with van der Waals surface area (Å²) in [7, 11) is 3.87. The Bertz CT molecular complexity index is 445. The van der Waals surface area contributed by atoms with Crippen molar-refractivity contribution in [3.8, 4) is 0 Å². The molecule has 4 nitrogen and oxygen atoms in total. The molecule has 1 aromatic carbocycles. The van der Waals surface area contributed by atoms with Crippen molar-refractivity contribution in [1.82, 2.24) is 15.1 Å². The third-order valence-corrected chi connectivity index (χ3v) is 3.82. The Morgan fingerprint density at radius 2 is 2.00 bits per heavy atom. The van der Waals surface area contributed by atoms with Gasteiger partial charge in [0.05, 0.1) is 0 Å². The van der Waals surface area contributed by atoms with Crippen LogP contribution in [0.3, 0.4) is 0 Å². The molecule has 2 rings (SSSR count). The summed E-state index contributed by atoms with van der Waals surface area (Å²) in [5.41, 5.74) is 1.22. The van der Waals surface area contributed by atoms with Crippen molar-refractivity contribution >= 4 is 41.5 Å². The van der Waals surface area contributed by atoms with Crippen LogP contribution in [0.1, 0.15) is 12.0 Å². The van der Waals surface area contributed by atoms with E-state index in [1.807, 2.05) is 38.4 Å². The molecule has 0 unspecified atom stereocenters. The van der Waals surface area contributed by atoms with Gasteiger partial charge in [-0.1, -0.05) is 23.7 Å². The summed E-state index contributed by atoms with van der Waals surface area (Å²) < 4.78 is 0. The maximum absolute atomic E-state index is 5.90. The highest BCUT2D eigenvalue weighted by Gasteiger charge is 2.13. The van der Waals surface area contributed by atoms with E-state index in [4.69, 9.17) is 11.6 Å². The van der Waals surface area contributed by atoms with E-state index in [0.717, 1.165) is 30.6 Å². The normalized spacial score (nSPS) is 15.1. The van der Waals surface area contributed by atoms with E-state index in [-0.39, 0.29) is 24.0 Å². The maximum Gasteiger partial charge on any atom is 0.193 e. The second-order valence-electron chi connectivity index (χ2n) is 5.15. The molecule has 0 saturated carbocycles. The van der Waals surface area contributed by atoms with Crippen LogP contribution in [0.25, 0.3) is 0 Å². The molecule has 1 aliphatic heterocycles. The van der Waals surface area contributed by atoms with Gasteiger partial charge in [-0.05, 0) is 37.2 Å². The van der Waals surface area contributed by atoms with E-state index in [1.54, 1.807) is 0 Å². The first kappa shape index (κ1) is 18.5. The number of likely N-dealkylation sites (tertiary alicyclic amines) is 1. The van der Waals surface area contributed by atoms with Crippen molar-refractivity contribution < 1.29 is 0 Å². The van der Waals surface area contributed by atoms with Crippen molar-refractivity contribution in [2.75, 3.05) is 40.3 Å². The summed E-state index contributed by atoms with van der Waals surface area (Å²) in [4.78, 5) is 8.90. The molecule has 21 heavy (non-hydrogen) atoms. The van der Waals surface area contributed by atoms with Crippen LogP contribution in [0.2, 0.25) is 5.02 Å². The monoisotopic (exact) mass is 422 g/mol. The minimum Gasteiger partial charge on any atom is -0.355 e. The first-order valence-electron chi connectivity index (χ1n) is 7.07. The molecule has 1 N–H and O–H groups in total. The summed E-state index contributed by atoms with van der Waals surface area (Å²) in [6.45, 7) is 5.33. The van der Waals surface area contributed by atoms with E-state index >= 15 is 0 Å². The molecule has 1 fully saturated rings. The Labute approximate surface area is 149 Å². The van der Waals surface area contributed by atoms with Crippen LogP contribution < -0.4 is 5.32 Å². The molecule has 6 heteroatoms. The van der Waals surface area contributed by atoms with Crippen LogP contribution in [0, 0.1) is 0 Å². The SMILES string of the molecule is CN=C(NCCN1CCC1)N(C)Cc1ccc(Cl)cc1.I. The molecule has 0 bridgehead atoms. The summed E-state index contributed by atoms with van der Waals surface area (Å²) in [6, 6.07) is 7.94. The van der Waals surface area contributed by atoms with Crippen molar-refractivity contribution in [1.29, 1.82) is 0 Å². The van der Waals surface area contributed by atoms with Gasteiger partial charge in [-0.2, -0.15) is 0 Å². The largest absolute Gasteiger partial charge is 0.355 e. The molecule has 1 aromatic rings. The Kier molecular flexibility index (Phi) is 8.36. The predicted molar refractivity (Wildman–Crippen MR) is 101 cm³/mol. The highest BCUT2D eigenvalue weighted by molar-refractivity contribution is 14.0. The Morgan fingerprint density at radius 3 is 2.52 bits per heavy atom. The molecule has 0 atom stereocenters. The number of rotatable bonds is 5. The fraction of sp³-hybridized carbons (Fsp3) is 0.533. The molecular formula is C15H24ClIN4. The molecule has 1 heterocycles. The lowest BCUT2D eigenvalue weighted by Crippen LogP contribution is -2.45. The minimum absolute atomic E-state index is 0. The smallest absolute Gasteiger partial charge is 0.193 e. The molecular weight excluding hydrogens is 399 g/mol. The number of aliphatic imine (C=N–C) groups is 1. The van der Waals surface area contributed by atoms with Crippen LogP contribution in [-0.4, -0.2) is 56.0 Å². The van der Waals surface area contributed by atoms with Crippen molar-refractivity contribution in [3.63, 3.8) is 0 Å². The summed E-state index contributed by atoms with van der Waals surface area (Å²) in [5.74, 6) is 0.931. The first-order chi connectivity index (χ1) is 9.69. The highest BCUT2D eigenvalue weighted by atomic mass is 127. The first-order valence-corrected chi connectivity index (χ1v) is 7.45. The van der Waals surface area contributed by atoms with E-state index in [9.17, 15) is 0 Å². The summed E-state index contributed by atoms with van der Waals surface area (Å²) in [5, 5.41) is 4.18. The molecule has 0 aliphatic carbocycles. The number of halogens is 2. The van der Waals surface area contributed by atoms with Gasteiger partial charge >= 0.3 is 0 Å². The van der Waals surface area contributed by atoms with E-state index in [2.05, 4.69) is 20.1 Å². The third kappa shape index (κ3) is 6.00. The van der Waals surface area contributed by atoms with Crippen molar-refractivity contribution in [2.45, 2.75) is 13.0 Å².